The van der Waals surface area contributed by atoms with E-state index in [1.807, 2.05) is 43.3 Å². The summed E-state index contributed by atoms with van der Waals surface area (Å²) in [5.74, 6) is -0.575. The van der Waals surface area contributed by atoms with Crippen molar-refractivity contribution in [2.75, 3.05) is 17.1 Å². The summed E-state index contributed by atoms with van der Waals surface area (Å²) in [6.45, 7) is 5.98. The van der Waals surface area contributed by atoms with Gasteiger partial charge in [0.15, 0.2) is 0 Å². The Kier molecular flexibility index (Phi) is 11.6. The molecule has 9 heteroatoms. The van der Waals surface area contributed by atoms with Crippen molar-refractivity contribution >= 4 is 47.3 Å². The van der Waals surface area contributed by atoms with E-state index in [1.165, 1.54) is 11.8 Å². The lowest BCUT2D eigenvalue weighted by molar-refractivity contribution is -0.123. The quantitative estimate of drug-likeness (QED) is 0.164. The number of aromatic nitrogens is 1. The number of rotatable bonds is 13. The molecule has 2 rings (SSSR count). The minimum atomic E-state index is -0.718. The summed E-state index contributed by atoms with van der Waals surface area (Å²) in [5, 5.41) is 8.53. The SMILES string of the molecule is C/C=C(\SCCl)C(=O)NC(C)C(=O)Nc1ccc(C(CCCNC=O)c2ccccn2)c(C)c1. The molecule has 3 N–H and O–H groups in total. The second-order valence-corrected chi connectivity index (χ2v) is 9.28. The molecule has 2 aromatic rings. The number of carbonyl (C=O) groups is 3. The van der Waals surface area contributed by atoms with Gasteiger partial charge in [0.2, 0.25) is 12.3 Å². The zero-order valence-electron chi connectivity index (χ0n) is 19.6. The maximum atomic E-state index is 12.6. The maximum Gasteiger partial charge on any atom is 0.258 e. The summed E-state index contributed by atoms with van der Waals surface area (Å²) in [7, 11) is 0. The van der Waals surface area contributed by atoms with Crippen molar-refractivity contribution in [3.63, 3.8) is 0 Å². The van der Waals surface area contributed by atoms with E-state index in [-0.39, 0.29) is 22.9 Å². The first-order chi connectivity index (χ1) is 16.4. The van der Waals surface area contributed by atoms with Crippen molar-refractivity contribution in [2.45, 2.75) is 45.6 Å². The Balaban J connectivity index is 2.11. The molecule has 3 amide bonds. The molecule has 182 valence electrons. The average Bonchev–Trinajstić information content (AvgIpc) is 2.83. The van der Waals surface area contributed by atoms with Crippen LogP contribution in [0.15, 0.2) is 53.6 Å². The third kappa shape index (κ3) is 8.18. The van der Waals surface area contributed by atoms with Gasteiger partial charge in [0, 0.05) is 30.0 Å². The molecule has 0 bridgehead atoms. The van der Waals surface area contributed by atoms with E-state index in [0.717, 1.165) is 29.7 Å². The number of nitrogens with one attached hydrogen (secondary N) is 3. The van der Waals surface area contributed by atoms with Crippen LogP contribution in [0.2, 0.25) is 0 Å². The highest BCUT2D eigenvalue weighted by atomic mass is 35.5. The Bertz CT molecular complexity index is 1000. The fraction of sp³-hybridized carbons (Fsp3) is 0.360. The van der Waals surface area contributed by atoms with Crippen molar-refractivity contribution < 1.29 is 14.4 Å². The Hall–Kier alpha value is -2.84. The molecule has 34 heavy (non-hydrogen) atoms. The highest BCUT2D eigenvalue weighted by Crippen LogP contribution is 2.31. The van der Waals surface area contributed by atoms with Crippen LogP contribution in [0.4, 0.5) is 5.69 Å². The van der Waals surface area contributed by atoms with Crippen LogP contribution in [0.3, 0.4) is 0 Å². The van der Waals surface area contributed by atoms with E-state index in [9.17, 15) is 14.4 Å². The van der Waals surface area contributed by atoms with Crippen LogP contribution >= 0.6 is 23.4 Å². The van der Waals surface area contributed by atoms with E-state index in [0.29, 0.717) is 23.5 Å². The molecule has 1 aromatic heterocycles. The Labute approximate surface area is 210 Å². The molecule has 0 aliphatic rings. The summed E-state index contributed by atoms with van der Waals surface area (Å²) < 4.78 is 0. The molecule has 7 nitrogen and oxygen atoms in total. The first kappa shape index (κ1) is 27.4. The maximum absolute atomic E-state index is 12.6. The number of amides is 3. The van der Waals surface area contributed by atoms with Gasteiger partial charge >= 0.3 is 0 Å². The number of alkyl halides is 1. The fourth-order valence-electron chi connectivity index (χ4n) is 3.58. The lowest BCUT2D eigenvalue weighted by Crippen LogP contribution is -2.41. The molecular formula is C25H31ClN4O3S. The van der Waals surface area contributed by atoms with E-state index in [4.69, 9.17) is 11.6 Å². The monoisotopic (exact) mass is 502 g/mol. The summed E-state index contributed by atoms with van der Waals surface area (Å²) in [5.41, 5.74) is 3.73. The van der Waals surface area contributed by atoms with Crippen LogP contribution in [-0.2, 0) is 14.4 Å². The molecule has 1 aromatic carbocycles. The number of anilines is 1. The molecule has 0 fully saturated rings. The number of halogens is 1. The van der Waals surface area contributed by atoms with Gasteiger partial charge in [-0.3, -0.25) is 19.4 Å². The number of benzene rings is 1. The summed E-state index contributed by atoms with van der Waals surface area (Å²) in [4.78, 5) is 40.5. The zero-order chi connectivity index (χ0) is 24.9. The second-order valence-electron chi connectivity index (χ2n) is 7.68. The molecule has 0 aliphatic carbocycles. The smallest absolute Gasteiger partial charge is 0.258 e. The van der Waals surface area contributed by atoms with Crippen LogP contribution < -0.4 is 16.0 Å². The third-order valence-corrected chi connectivity index (χ3v) is 6.46. The number of hydrogen-bond acceptors (Lipinski definition) is 5. The number of pyridine rings is 1. The Morgan fingerprint density at radius 2 is 2.03 bits per heavy atom. The zero-order valence-corrected chi connectivity index (χ0v) is 21.2. The van der Waals surface area contributed by atoms with Crippen LogP contribution in [0.5, 0.6) is 0 Å². The number of carbonyl (C=O) groups excluding carboxylic acids is 3. The molecule has 0 saturated heterocycles. The number of aryl methyl sites for hydroxylation is 1. The van der Waals surface area contributed by atoms with E-state index in [1.54, 1.807) is 26.1 Å². The van der Waals surface area contributed by atoms with Crippen LogP contribution in [-0.4, -0.2) is 41.0 Å². The van der Waals surface area contributed by atoms with Gasteiger partial charge in [-0.1, -0.05) is 18.2 Å². The van der Waals surface area contributed by atoms with Gasteiger partial charge in [0.1, 0.15) is 6.04 Å². The van der Waals surface area contributed by atoms with Gasteiger partial charge in [-0.2, -0.15) is 0 Å². The highest BCUT2D eigenvalue weighted by molar-refractivity contribution is 8.04. The second kappa shape index (κ2) is 14.4. The number of nitrogens with zero attached hydrogens (tertiary/aromatic N) is 1. The number of thioether (sulfide) groups is 1. The first-order valence-electron chi connectivity index (χ1n) is 11.1. The molecule has 2 atom stereocenters. The molecule has 0 aliphatic heterocycles. The van der Waals surface area contributed by atoms with Crippen LogP contribution in [0.1, 0.15) is 49.4 Å². The van der Waals surface area contributed by atoms with Gasteiger partial charge in [-0.15, -0.1) is 23.4 Å². The first-order valence-corrected chi connectivity index (χ1v) is 12.6. The lowest BCUT2D eigenvalue weighted by Gasteiger charge is -2.20. The normalized spacial score (nSPS) is 13.0. The largest absolute Gasteiger partial charge is 0.359 e. The predicted octanol–water partition coefficient (Wildman–Crippen LogP) is 4.32. The van der Waals surface area contributed by atoms with Crippen molar-refractivity contribution in [1.29, 1.82) is 0 Å². The molecular weight excluding hydrogens is 472 g/mol. The standard InChI is InChI=1S/C25H31ClN4O3S/c1-4-23(34-15-26)25(33)29-18(3)24(32)30-19-10-11-20(17(2)14-19)21(8-7-12-27-16-31)22-9-5-6-13-28-22/h4-6,9-11,13-14,16,18,21H,7-8,12,15H2,1-3H3,(H,27,31)(H,29,33)(H,30,32)/b23-4-. The van der Waals surface area contributed by atoms with Gasteiger partial charge in [-0.05, 0) is 69.0 Å². The molecule has 2 unspecified atom stereocenters. The fourth-order valence-corrected chi connectivity index (χ4v) is 4.41. The Morgan fingerprint density at radius 3 is 2.65 bits per heavy atom. The predicted molar refractivity (Wildman–Crippen MR) is 139 cm³/mol. The van der Waals surface area contributed by atoms with E-state index < -0.39 is 6.04 Å². The molecule has 0 saturated carbocycles. The van der Waals surface area contributed by atoms with Gasteiger partial charge < -0.3 is 16.0 Å². The highest BCUT2D eigenvalue weighted by Gasteiger charge is 2.20. The molecule has 0 spiro atoms. The van der Waals surface area contributed by atoms with Crippen LogP contribution in [0, 0.1) is 6.92 Å². The van der Waals surface area contributed by atoms with E-state index in [2.05, 4.69) is 20.9 Å². The Morgan fingerprint density at radius 1 is 1.24 bits per heavy atom. The van der Waals surface area contributed by atoms with Crippen molar-refractivity contribution in [2.24, 2.45) is 0 Å². The van der Waals surface area contributed by atoms with Crippen molar-refractivity contribution in [3.05, 3.63) is 70.4 Å². The topological polar surface area (TPSA) is 100 Å². The van der Waals surface area contributed by atoms with Gasteiger partial charge in [0.25, 0.3) is 5.91 Å². The van der Waals surface area contributed by atoms with Gasteiger partial charge in [-0.25, -0.2) is 0 Å². The van der Waals surface area contributed by atoms with Gasteiger partial charge in [0.05, 0.1) is 10.1 Å². The van der Waals surface area contributed by atoms with Crippen molar-refractivity contribution in [1.82, 2.24) is 15.6 Å². The third-order valence-electron chi connectivity index (χ3n) is 5.29. The summed E-state index contributed by atoms with van der Waals surface area (Å²) in [6.07, 6.45) is 5.78. The van der Waals surface area contributed by atoms with E-state index >= 15 is 0 Å². The van der Waals surface area contributed by atoms with Crippen LogP contribution in [0.25, 0.3) is 0 Å². The minimum Gasteiger partial charge on any atom is -0.359 e. The molecule has 0 radical (unpaired) electrons. The van der Waals surface area contributed by atoms with Crippen molar-refractivity contribution in [3.8, 4) is 0 Å². The minimum absolute atomic E-state index is 0.0660. The molecule has 1 heterocycles. The summed E-state index contributed by atoms with van der Waals surface area (Å²) >= 11 is 6.91. The summed E-state index contributed by atoms with van der Waals surface area (Å²) in [6, 6.07) is 10.9. The number of allylic oxidation sites excluding steroid dienone is 1. The number of hydrogen-bond donors (Lipinski definition) is 3. The lowest BCUT2D eigenvalue weighted by atomic mass is 9.87. The average molecular weight is 503 g/mol.